The fourth-order valence-corrected chi connectivity index (χ4v) is 2.80. The molecule has 0 fully saturated rings. The SMILES string of the molecule is O=C(NC[C@H](O)c1ccccc1F)Nc1cc2ccccc2nc1Br. The molecule has 1 heterocycles. The second-order valence-corrected chi connectivity index (χ2v) is 6.14. The number of aromatic nitrogens is 1. The number of benzene rings is 2. The molecule has 5 nitrogen and oxygen atoms in total. The number of fused-ring (bicyclic) bond motifs is 1. The summed E-state index contributed by atoms with van der Waals surface area (Å²) in [6, 6.07) is 14.7. The van der Waals surface area contributed by atoms with E-state index in [0.717, 1.165) is 10.9 Å². The van der Waals surface area contributed by atoms with Crippen molar-refractivity contribution in [2.24, 2.45) is 0 Å². The van der Waals surface area contributed by atoms with Gasteiger partial charge in [-0.15, -0.1) is 0 Å². The number of aliphatic hydroxyl groups is 1. The molecule has 1 atom stereocenters. The minimum atomic E-state index is -1.13. The molecule has 3 rings (SSSR count). The highest BCUT2D eigenvalue weighted by atomic mass is 79.9. The van der Waals surface area contributed by atoms with Gasteiger partial charge in [-0.05, 0) is 34.1 Å². The molecule has 2 amide bonds. The first kappa shape index (κ1) is 17.3. The van der Waals surface area contributed by atoms with E-state index < -0.39 is 18.0 Å². The Hall–Kier alpha value is -2.51. The zero-order valence-corrected chi connectivity index (χ0v) is 14.6. The average Bonchev–Trinajstić information content (AvgIpc) is 2.61. The average molecular weight is 404 g/mol. The van der Waals surface area contributed by atoms with E-state index in [1.165, 1.54) is 18.2 Å². The maximum atomic E-state index is 13.6. The van der Waals surface area contributed by atoms with Crippen LogP contribution in [0.15, 0.2) is 59.2 Å². The molecule has 0 radical (unpaired) electrons. The summed E-state index contributed by atoms with van der Waals surface area (Å²) in [4.78, 5) is 16.4. The molecule has 25 heavy (non-hydrogen) atoms. The van der Waals surface area contributed by atoms with Crippen LogP contribution < -0.4 is 10.6 Å². The van der Waals surface area contributed by atoms with E-state index in [1.807, 2.05) is 24.3 Å². The largest absolute Gasteiger partial charge is 0.386 e. The number of hydrogen-bond donors (Lipinski definition) is 3. The monoisotopic (exact) mass is 403 g/mol. The van der Waals surface area contributed by atoms with Crippen molar-refractivity contribution < 1.29 is 14.3 Å². The zero-order chi connectivity index (χ0) is 17.8. The lowest BCUT2D eigenvalue weighted by atomic mass is 10.1. The first-order valence-electron chi connectivity index (χ1n) is 7.57. The quantitative estimate of drug-likeness (QED) is 0.576. The predicted molar refractivity (Wildman–Crippen MR) is 97.8 cm³/mol. The van der Waals surface area contributed by atoms with Crippen LogP contribution in [0.5, 0.6) is 0 Å². The van der Waals surface area contributed by atoms with Gasteiger partial charge in [0.1, 0.15) is 10.4 Å². The summed E-state index contributed by atoms with van der Waals surface area (Å²) in [6.07, 6.45) is -1.13. The van der Waals surface area contributed by atoms with E-state index in [1.54, 1.807) is 12.1 Å². The third-order valence-electron chi connectivity index (χ3n) is 3.65. The third-order valence-corrected chi connectivity index (χ3v) is 4.25. The number of anilines is 1. The van der Waals surface area contributed by atoms with Gasteiger partial charge in [-0.25, -0.2) is 14.2 Å². The van der Waals surface area contributed by atoms with Crippen LogP contribution in [0.4, 0.5) is 14.9 Å². The lowest BCUT2D eigenvalue weighted by molar-refractivity contribution is 0.170. The number of carbonyl (C=O) groups is 1. The number of carbonyl (C=O) groups excluding carboxylic acids is 1. The summed E-state index contributed by atoms with van der Waals surface area (Å²) in [5, 5.41) is 16.1. The maximum Gasteiger partial charge on any atom is 0.319 e. The lowest BCUT2D eigenvalue weighted by Crippen LogP contribution is -2.32. The van der Waals surface area contributed by atoms with Gasteiger partial charge in [0.2, 0.25) is 0 Å². The van der Waals surface area contributed by atoms with Crippen molar-refractivity contribution in [3.63, 3.8) is 0 Å². The fraction of sp³-hybridized carbons (Fsp3) is 0.111. The van der Waals surface area contributed by atoms with E-state index >= 15 is 0 Å². The number of nitrogens with zero attached hydrogens (tertiary/aromatic N) is 1. The van der Waals surface area contributed by atoms with Crippen LogP contribution in [0.3, 0.4) is 0 Å². The van der Waals surface area contributed by atoms with Crippen molar-refractivity contribution in [3.05, 3.63) is 70.6 Å². The Morgan fingerprint density at radius 2 is 1.92 bits per heavy atom. The molecule has 7 heteroatoms. The van der Waals surface area contributed by atoms with Gasteiger partial charge in [-0.1, -0.05) is 36.4 Å². The topological polar surface area (TPSA) is 74.2 Å². The van der Waals surface area contributed by atoms with Crippen LogP contribution in [0, 0.1) is 5.82 Å². The van der Waals surface area contributed by atoms with Gasteiger partial charge in [0.25, 0.3) is 0 Å². The number of para-hydroxylation sites is 1. The molecule has 1 aromatic heterocycles. The van der Waals surface area contributed by atoms with Crippen molar-refractivity contribution in [1.29, 1.82) is 0 Å². The normalized spacial score (nSPS) is 12.0. The second kappa shape index (κ2) is 7.58. The number of hydrogen-bond acceptors (Lipinski definition) is 3. The molecule has 0 spiro atoms. The minimum Gasteiger partial charge on any atom is -0.386 e. The van der Waals surface area contributed by atoms with Crippen molar-refractivity contribution in [1.82, 2.24) is 10.3 Å². The summed E-state index contributed by atoms with van der Waals surface area (Å²) in [6.45, 7) is -0.120. The lowest BCUT2D eigenvalue weighted by Gasteiger charge is -2.14. The van der Waals surface area contributed by atoms with Crippen LogP contribution in [0.25, 0.3) is 10.9 Å². The van der Waals surface area contributed by atoms with E-state index in [2.05, 4.69) is 31.5 Å². The van der Waals surface area contributed by atoms with Crippen LogP contribution in [0.2, 0.25) is 0 Å². The number of nitrogens with one attached hydrogen (secondary N) is 2. The molecule has 0 aliphatic rings. The second-order valence-electron chi connectivity index (χ2n) is 5.39. The molecular weight excluding hydrogens is 389 g/mol. The van der Waals surface area contributed by atoms with Gasteiger partial charge < -0.3 is 15.7 Å². The van der Waals surface area contributed by atoms with E-state index in [4.69, 9.17) is 0 Å². The Morgan fingerprint density at radius 3 is 2.72 bits per heavy atom. The summed E-state index contributed by atoms with van der Waals surface area (Å²) in [5.41, 5.74) is 1.43. The summed E-state index contributed by atoms with van der Waals surface area (Å²) >= 11 is 3.32. The van der Waals surface area contributed by atoms with Crippen molar-refractivity contribution in [2.45, 2.75) is 6.10 Å². The van der Waals surface area contributed by atoms with Crippen molar-refractivity contribution >= 4 is 38.6 Å². The Balaban J connectivity index is 1.65. The van der Waals surface area contributed by atoms with Crippen LogP contribution in [-0.4, -0.2) is 22.7 Å². The summed E-state index contributed by atoms with van der Waals surface area (Å²) in [7, 11) is 0. The highest BCUT2D eigenvalue weighted by Crippen LogP contribution is 2.25. The molecular formula is C18H15BrFN3O2. The molecule has 128 valence electrons. The highest BCUT2D eigenvalue weighted by molar-refractivity contribution is 9.10. The molecule has 0 unspecified atom stereocenters. The Morgan fingerprint density at radius 1 is 1.20 bits per heavy atom. The molecule has 0 saturated carbocycles. The smallest absolute Gasteiger partial charge is 0.319 e. The van der Waals surface area contributed by atoms with Gasteiger partial charge >= 0.3 is 6.03 Å². The number of urea groups is 1. The number of amides is 2. The first-order chi connectivity index (χ1) is 12.0. The molecule has 3 aromatic rings. The zero-order valence-electron chi connectivity index (χ0n) is 13.0. The van der Waals surface area contributed by atoms with Gasteiger partial charge in [-0.2, -0.15) is 0 Å². The van der Waals surface area contributed by atoms with Gasteiger partial charge in [-0.3, -0.25) is 0 Å². The third kappa shape index (κ3) is 4.12. The number of rotatable bonds is 4. The summed E-state index contributed by atoms with van der Waals surface area (Å²) < 4.78 is 14.1. The molecule has 0 saturated heterocycles. The van der Waals surface area contributed by atoms with Crippen LogP contribution >= 0.6 is 15.9 Å². The highest BCUT2D eigenvalue weighted by Gasteiger charge is 2.14. The molecule has 0 bridgehead atoms. The molecule has 0 aliphatic heterocycles. The van der Waals surface area contributed by atoms with Gasteiger partial charge in [0, 0.05) is 17.5 Å². The summed E-state index contributed by atoms with van der Waals surface area (Å²) in [5.74, 6) is -0.515. The van der Waals surface area contributed by atoms with Crippen LogP contribution in [0.1, 0.15) is 11.7 Å². The predicted octanol–water partition coefficient (Wildman–Crippen LogP) is 3.99. The fourth-order valence-electron chi connectivity index (χ4n) is 2.39. The van der Waals surface area contributed by atoms with E-state index in [9.17, 15) is 14.3 Å². The molecule has 0 aliphatic carbocycles. The van der Waals surface area contributed by atoms with Crippen molar-refractivity contribution in [2.75, 3.05) is 11.9 Å². The van der Waals surface area contributed by atoms with Gasteiger partial charge in [0.05, 0.1) is 17.3 Å². The van der Waals surface area contributed by atoms with Crippen LogP contribution in [-0.2, 0) is 0 Å². The van der Waals surface area contributed by atoms with Crippen molar-refractivity contribution in [3.8, 4) is 0 Å². The van der Waals surface area contributed by atoms with E-state index in [-0.39, 0.29) is 12.1 Å². The molecule has 2 aromatic carbocycles. The maximum absolute atomic E-state index is 13.6. The number of halogens is 2. The van der Waals surface area contributed by atoms with Gasteiger partial charge in [0.15, 0.2) is 0 Å². The molecule has 3 N–H and O–H groups in total. The Kier molecular flexibility index (Phi) is 5.25. The number of aliphatic hydroxyl groups excluding tert-OH is 1. The first-order valence-corrected chi connectivity index (χ1v) is 8.36. The number of pyridine rings is 1. The Labute approximate surface area is 152 Å². The minimum absolute atomic E-state index is 0.120. The van der Waals surface area contributed by atoms with E-state index in [0.29, 0.717) is 10.3 Å². The Bertz CT molecular complexity index is 920. The standard InChI is InChI=1S/C18H15BrFN3O2/c19-17-15(9-11-5-1-4-8-14(11)22-17)23-18(25)21-10-16(24)12-6-2-3-7-13(12)20/h1-9,16,24H,10H2,(H2,21,23,25)/t16-/m0/s1.